The van der Waals surface area contributed by atoms with Crippen molar-refractivity contribution in [1.29, 1.82) is 0 Å². The second-order valence-electron chi connectivity index (χ2n) is 8.37. The molecule has 4 aromatic rings. The molecule has 168 valence electrons. The number of H-pyrrole nitrogens is 1. The molecule has 0 saturated carbocycles. The van der Waals surface area contributed by atoms with Gasteiger partial charge in [0.15, 0.2) is 0 Å². The second-order valence-corrected chi connectivity index (χ2v) is 8.77. The van der Waals surface area contributed by atoms with Gasteiger partial charge in [0.2, 0.25) is 0 Å². The maximum atomic E-state index is 13.1. The summed E-state index contributed by atoms with van der Waals surface area (Å²) < 4.78 is 0. The predicted octanol–water partition coefficient (Wildman–Crippen LogP) is 4.56. The highest BCUT2D eigenvalue weighted by molar-refractivity contribution is 6.35. The number of amides is 2. The third-order valence-electron chi connectivity index (χ3n) is 6.22. The lowest BCUT2D eigenvalue weighted by Gasteiger charge is -2.38. The Morgan fingerprint density at radius 3 is 2.70 bits per heavy atom. The van der Waals surface area contributed by atoms with Crippen molar-refractivity contribution >= 4 is 45.4 Å². The maximum absolute atomic E-state index is 13.1. The van der Waals surface area contributed by atoms with Crippen LogP contribution in [0.5, 0.6) is 0 Å². The molecular formula is C24H22ClN5O3. The fraction of sp³-hybridized carbons (Fsp3) is 0.250. The molecule has 0 radical (unpaired) electrons. The van der Waals surface area contributed by atoms with E-state index in [1.807, 2.05) is 37.3 Å². The Kier molecular flexibility index (Phi) is 5.17. The molecule has 9 heteroatoms. The Labute approximate surface area is 194 Å². The van der Waals surface area contributed by atoms with Gasteiger partial charge in [0, 0.05) is 47.6 Å². The molecule has 3 heterocycles. The summed E-state index contributed by atoms with van der Waals surface area (Å²) in [5.41, 5.74) is 4.61. The molecule has 2 amide bonds. The van der Waals surface area contributed by atoms with Crippen LogP contribution >= 0.6 is 11.6 Å². The third-order valence-corrected chi connectivity index (χ3v) is 6.53. The Morgan fingerprint density at radius 1 is 1.12 bits per heavy atom. The van der Waals surface area contributed by atoms with E-state index in [-0.39, 0.29) is 11.9 Å². The van der Waals surface area contributed by atoms with Gasteiger partial charge in [0.25, 0.3) is 5.91 Å². The fourth-order valence-electron chi connectivity index (χ4n) is 4.38. The van der Waals surface area contributed by atoms with Crippen LogP contribution < -0.4 is 0 Å². The van der Waals surface area contributed by atoms with Crippen LogP contribution in [0.25, 0.3) is 33.1 Å². The van der Waals surface area contributed by atoms with Crippen molar-refractivity contribution in [1.82, 2.24) is 25.0 Å². The zero-order valence-corrected chi connectivity index (χ0v) is 18.9. The summed E-state index contributed by atoms with van der Waals surface area (Å²) in [6.45, 7) is 4.74. The van der Waals surface area contributed by atoms with Crippen LogP contribution in [0.2, 0.25) is 5.02 Å². The Hall–Kier alpha value is -3.65. The molecule has 1 atom stereocenters. The first kappa shape index (κ1) is 21.2. The van der Waals surface area contributed by atoms with Gasteiger partial charge in [-0.3, -0.25) is 9.89 Å². The highest BCUT2D eigenvalue weighted by atomic mass is 35.5. The van der Waals surface area contributed by atoms with E-state index >= 15 is 0 Å². The minimum Gasteiger partial charge on any atom is -0.465 e. The Balaban J connectivity index is 1.49. The van der Waals surface area contributed by atoms with Crippen LogP contribution in [0.1, 0.15) is 23.0 Å². The SMILES string of the molecule is Cc1n[nH]c2ccc(-c3cc(Cl)c4ccc(C(=O)N5CCN(C(=O)O)C(C)C5)cc4n3)cc12. The number of nitrogens with one attached hydrogen (secondary N) is 1. The van der Waals surface area contributed by atoms with E-state index in [0.29, 0.717) is 41.4 Å². The first-order chi connectivity index (χ1) is 15.8. The number of hydrogen-bond donors (Lipinski definition) is 2. The fourth-order valence-corrected chi connectivity index (χ4v) is 4.64. The van der Waals surface area contributed by atoms with Crippen molar-refractivity contribution in [2.24, 2.45) is 0 Å². The highest BCUT2D eigenvalue weighted by Crippen LogP contribution is 2.31. The number of aromatic nitrogens is 3. The van der Waals surface area contributed by atoms with Crippen molar-refractivity contribution in [2.75, 3.05) is 19.6 Å². The van der Waals surface area contributed by atoms with Crippen LogP contribution in [0, 0.1) is 6.92 Å². The van der Waals surface area contributed by atoms with Crippen molar-refractivity contribution in [3.63, 3.8) is 0 Å². The average molecular weight is 464 g/mol. The summed E-state index contributed by atoms with van der Waals surface area (Å²) in [6.07, 6.45) is -0.963. The number of carboxylic acid groups (broad SMARTS) is 1. The largest absolute Gasteiger partial charge is 0.465 e. The molecule has 2 aromatic carbocycles. The number of hydrogen-bond acceptors (Lipinski definition) is 4. The zero-order chi connectivity index (χ0) is 23.3. The quantitative estimate of drug-likeness (QED) is 0.453. The number of piperazine rings is 1. The molecule has 0 bridgehead atoms. The summed E-state index contributed by atoms with van der Waals surface area (Å²) in [5.74, 6) is -0.146. The lowest BCUT2D eigenvalue weighted by Crippen LogP contribution is -2.55. The molecule has 1 unspecified atom stereocenters. The summed E-state index contributed by atoms with van der Waals surface area (Å²) in [5, 5.41) is 18.9. The summed E-state index contributed by atoms with van der Waals surface area (Å²) in [7, 11) is 0. The number of rotatable bonds is 2. The molecule has 1 saturated heterocycles. The molecule has 0 aliphatic carbocycles. The maximum Gasteiger partial charge on any atom is 0.407 e. The first-order valence-electron chi connectivity index (χ1n) is 10.7. The predicted molar refractivity (Wildman–Crippen MR) is 127 cm³/mol. The van der Waals surface area contributed by atoms with Crippen molar-refractivity contribution in [3.8, 4) is 11.3 Å². The van der Waals surface area contributed by atoms with Crippen LogP contribution in [-0.4, -0.2) is 67.8 Å². The van der Waals surface area contributed by atoms with Gasteiger partial charge in [-0.25, -0.2) is 9.78 Å². The van der Waals surface area contributed by atoms with Gasteiger partial charge in [-0.1, -0.05) is 23.7 Å². The summed E-state index contributed by atoms with van der Waals surface area (Å²) >= 11 is 6.57. The zero-order valence-electron chi connectivity index (χ0n) is 18.2. The smallest absolute Gasteiger partial charge is 0.407 e. The van der Waals surface area contributed by atoms with Crippen LogP contribution in [0.3, 0.4) is 0 Å². The highest BCUT2D eigenvalue weighted by Gasteiger charge is 2.30. The van der Waals surface area contributed by atoms with Gasteiger partial charge in [0.05, 0.1) is 27.4 Å². The normalized spacial score (nSPS) is 16.5. The van der Waals surface area contributed by atoms with Crippen molar-refractivity contribution < 1.29 is 14.7 Å². The van der Waals surface area contributed by atoms with Crippen molar-refractivity contribution in [2.45, 2.75) is 19.9 Å². The van der Waals surface area contributed by atoms with E-state index in [4.69, 9.17) is 16.6 Å². The van der Waals surface area contributed by atoms with Crippen LogP contribution in [-0.2, 0) is 0 Å². The number of halogens is 1. The Morgan fingerprint density at radius 2 is 1.94 bits per heavy atom. The molecule has 2 aromatic heterocycles. The molecule has 2 N–H and O–H groups in total. The van der Waals surface area contributed by atoms with E-state index in [2.05, 4.69) is 10.2 Å². The first-order valence-corrected chi connectivity index (χ1v) is 11.0. The lowest BCUT2D eigenvalue weighted by atomic mass is 10.0. The summed E-state index contributed by atoms with van der Waals surface area (Å²) in [4.78, 5) is 32.3. The summed E-state index contributed by atoms with van der Waals surface area (Å²) in [6, 6.07) is 12.8. The molecule has 1 aliphatic rings. The minimum atomic E-state index is -0.963. The lowest BCUT2D eigenvalue weighted by molar-refractivity contribution is 0.0507. The van der Waals surface area contributed by atoms with Gasteiger partial charge in [-0.2, -0.15) is 5.10 Å². The number of benzene rings is 2. The number of pyridine rings is 1. The third kappa shape index (κ3) is 3.76. The molecular weight excluding hydrogens is 442 g/mol. The molecule has 1 aliphatic heterocycles. The number of fused-ring (bicyclic) bond motifs is 2. The second kappa shape index (κ2) is 8.04. The van der Waals surface area contributed by atoms with Crippen LogP contribution in [0.15, 0.2) is 42.5 Å². The van der Waals surface area contributed by atoms with Gasteiger partial charge in [-0.15, -0.1) is 0 Å². The molecule has 33 heavy (non-hydrogen) atoms. The van der Waals surface area contributed by atoms with E-state index in [1.165, 1.54) is 4.90 Å². The molecule has 5 rings (SSSR count). The van der Waals surface area contributed by atoms with E-state index in [0.717, 1.165) is 27.5 Å². The monoisotopic (exact) mass is 463 g/mol. The number of nitrogens with zero attached hydrogens (tertiary/aromatic N) is 4. The minimum absolute atomic E-state index is 0.146. The van der Waals surface area contributed by atoms with Crippen molar-refractivity contribution in [3.05, 3.63) is 58.7 Å². The van der Waals surface area contributed by atoms with Crippen LogP contribution in [0.4, 0.5) is 4.79 Å². The average Bonchev–Trinajstić information content (AvgIpc) is 3.18. The van der Waals surface area contributed by atoms with Gasteiger partial charge < -0.3 is 14.9 Å². The standard InChI is InChI=1S/C24H22ClN5O3/c1-13-12-29(7-8-30(13)24(32)33)23(31)16-3-5-17-19(25)11-21(26-22(17)10-16)15-4-6-20-18(9-15)14(2)27-28-20/h3-6,9-11,13H,7-8,12H2,1-2H3,(H,27,28)(H,32,33). The Bertz CT molecular complexity index is 1420. The van der Waals surface area contributed by atoms with Gasteiger partial charge in [-0.05, 0) is 44.2 Å². The van der Waals surface area contributed by atoms with E-state index in [1.54, 1.807) is 24.0 Å². The van der Waals surface area contributed by atoms with Gasteiger partial charge in [0.1, 0.15) is 0 Å². The molecule has 0 spiro atoms. The van der Waals surface area contributed by atoms with E-state index < -0.39 is 6.09 Å². The van der Waals surface area contributed by atoms with E-state index in [9.17, 15) is 14.7 Å². The molecule has 8 nitrogen and oxygen atoms in total. The van der Waals surface area contributed by atoms with Gasteiger partial charge >= 0.3 is 6.09 Å². The molecule has 1 fully saturated rings. The number of carbonyl (C=O) groups excluding carboxylic acids is 1. The number of aryl methyl sites for hydroxylation is 1. The number of carbonyl (C=O) groups is 2. The number of aromatic amines is 1. The topological polar surface area (TPSA) is 102 Å².